The number of esters is 1. The molecule has 1 aliphatic rings. The van der Waals surface area contributed by atoms with E-state index in [-0.39, 0.29) is 17.8 Å². The number of carbonyl (C=O) groups excluding carboxylic acids is 2. The van der Waals surface area contributed by atoms with Gasteiger partial charge in [0.1, 0.15) is 0 Å². The van der Waals surface area contributed by atoms with Gasteiger partial charge in [-0.25, -0.2) is 0 Å². The zero-order valence-electron chi connectivity index (χ0n) is 19.3. The van der Waals surface area contributed by atoms with Gasteiger partial charge >= 0.3 is 5.97 Å². The highest BCUT2D eigenvalue weighted by Crippen LogP contribution is 2.20. The maximum Gasteiger partial charge on any atom is 0.311 e. The number of unbranched alkanes of at least 4 members (excludes halogenated alkanes) is 11. The van der Waals surface area contributed by atoms with E-state index in [4.69, 9.17) is 4.74 Å². The molecule has 1 rings (SSSR count). The minimum Gasteiger partial charge on any atom is -0.465 e. The smallest absolute Gasteiger partial charge is 0.311 e. The van der Waals surface area contributed by atoms with Gasteiger partial charge in [0, 0.05) is 19.5 Å². The highest BCUT2D eigenvalue weighted by molar-refractivity contribution is 5.86. The van der Waals surface area contributed by atoms with Gasteiger partial charge in [0.15, 0.2) is 0 Å². The van der Waals surface area contributed by atoms with Crippen LogP contribution >= 0.6 is 0 Å². The molecule has 1 amide bonds. The van der Waals surface area contributed by atoms with E-state index in [1.165, 1.54) is 57.8 Å². The number of rotatable bonds is 16. The summed E-state index contributed by atoms with van der Waals surface area (Å²) >= 11 is 0. The topological polar surface area (TPSA) is 46.6 Å². The Morgan fingerprint density at radius 2 is 1.36 bits per heavy atom. The third kappa shape index (κ3) is 13.2. The van der Waals surface area contributed by atoms with Crippen LogP contribution in [0.25, 0.3) is 0 Å². The van der Waals surface area contributed by atoms with Crippen LogP contribution in [-0.2, 0) is 14.3 Å². The summed E-state index contributed by atoms with van der Waals surface area (Å²) < 4.78 is 5.31. The fourth-order valence-electron chi connectivity index (χ4n) is 3.58. The summed E-state index contributed by atoms with van der Waals surface area (Å²) in [6.45, 7) is 10.2. The quantitative estimate of drug-likeness (QED) is 0.220. The maximum absolute atomic E-state index is 12.1. The molecule has 0 saturated carbocycles. The van der Waals surface area contributed by atoms with Crippen molar-refractivity contribution in [1.29, 1.82) is 0 Å². The molecule has 1 heterocycles. The zero-order chi connectivity index (χ0) is 21.0. The number of nitrogens with zero attached hydrogens (tertiary/aromatic N) is 1. The molecule has 1 fully saturated rings. The monoisotopic (exact) mass is 397 g/mol. The average molecular weight is 398 g/mol. The second-order valence-corrected chi connectivity index (χ2v) is 7.80. The molecule has 1 saturated heterocycles. The van der Waals surface area contributed by atoms with Crippen molar-refractivity contribution >= 4 is 11.9 Å². The molecule has 0 bridgehead atoms. The van der Waals surface area contributed by atoms with Gasteiger partial charge in [0.25, 0.3) is 0 Å². The first-order chi connectivity index (χ1) is 13.7. The Morgan fingerprint density at radius 1 is 0.857 bits per heavy atom. The molecular formula is C24H47NO3. The Bertz CT molecular complexity index is 384. The number of amides is 1. The van der Waals surface area contributed by atoms with E-state index in [0.717, 1.165) is 32.2 Å². The summed E-state index contributed by atoms with van der Waals surface area (Å²) in [5, 5.41) is 0. The van der Waals surface area contributed by atoms with Crippen LogP contribution < -0.4 is 0 Å². The molecule has 0 aromatic rings. The van der Waals surface area contributed by atoms with Crippen LogP contribution in [0.2, 0.25) is 0 Å². The van der Waals surface area contributed by atoms with Crippen molar-refractivity contribution in [3.8, 4) is 0 Å². The van der Waals surface area contributed by atoms with Crippen LogP contribution in [0.3, 0.4) is 0 Å². The summed E-state index contributed by atoms with van der Waals surface area (Å²) in [5.41, 5.74) is 0. The highest BCUT2D eigenvalue weighted by Gasteiger charge is 2.34. The summed E-state index contributed by atoms with van der Waals surface area (Å²) in [6.07, 6.45) is 16.4. The molecule has 166 valence electrons. The van der Waals surface area contributed by atoms with Crippen LogP contribution in [0.1, 0.15) is 118 Å². The number of hydrogen-bond acceptors (Lipinski definition) is 3. The van der Waals surface area contributed by atoms with Crippen LogP contribution in [0, 0.1) is 5.92 Å². The molecule has 0 radical (unpaired) electrons. The third-order valence-electron chi connectivity index (χ3n) is 5.32. The fraction of sp³-hybridized carbons (Fsp3) is 0.917. The molecule has 28 heavy (non-hydrogen) atoms. The maximum atomic E-state index is 12.1. The second kappa shape index (κ2) is 19.3. The number of ether oxygens (including phenoxy) is 1. The lowest BCUT2D eigenvalue weighted by Gasteiger charge is -2.16. The van der Waals surface area contributed by atoms with E-state index >= 15 is 0 Å². The van der Waals surface area contributed by atoms with E-state index in [1.807, 2.05) is 18.7 Å². The summed E-state index contributed by atoms with van der Waals surface area (Å²) in [4.78, 5) is 26.0. The van der Waals surface area contributed by atoms with Crippen molar-refractivity contribution in [2.45, 2.75) is 118 Å². The van der Waals surface area contributed by atoms with Gasteiger partial charge in [-0.2, -0.15) is 0 Å². The number of carbonyl (C=O) groups is 2. The van der Waals surface area contributed by atoms with Crippen LogP contribution in [0.15, 0.2) is 0 Å². The van der Waals surface area contributed by atoms with Gasteiger partial charge in [0.05, 0.1) is 12.5 Å². The first-order valence-electron chi connectivity index (χ1n) is 12.1. The Hall–Kier alpha value is -1.06. The van der Waals surface area contributed by atoms with Crippen LogP contribution in [0.4, 0.5) is 0 Å². The third-order valence-corrected chi connectivity index (χ3v) is 5.32. The Morgan fingerprint density at radius 3 is 1.93 bits per heavy atom. The highest BCUT2D eigenvalue weighted by atomic mass is 16.5. The first-order valence-corrected chi connectivity index (χ1v) is 12.1. The largest absolute Gasteiger partial charge is 0.465 e. The van der Waals surface area contributed by atoms with Gasteiger partial charge in [-0.05, 0) is 12.8 Å². The Balaban J connectivity index is 0.00000352. The molecule has 4 nitrogen and oxygen atoms in total. The fourth-order valence-corrected chi connectivity index (χ4v) is 3.58. The predicted octanol–water partition coefficient (Wildman–Crippen LogP) is 6.52. The van der Waals surface area contributed by atoms with Crippen LogP contribution in [-0.4, -0.2) is 36.5 Å². The molecule has 0 spiro atoms. The summed E-state index contributed by atoms with van der Waals surface area (Å²) in [5.74, 6) is -0.302. The summed E-state index contributed by atoms with van der Waals surface area (Å²) in [6, 6.07) is 0. The number of hydrogen-bond donors (Lipinski definition) is 0. The zero-order valence-corrected chi connectivity index (χ0v) is 19.3. The lowest BCUT2D eigenvalue weighted by molar-refractivity contribution is -0.148. The van der Waals surface area contributed by atoms with Gasteiger partial charge < -0.3 is 9.64 Å². The standard InChI is InChI=1S/C22H41NO3.C2H6/c1-3-5-7-8-9-10-11-12-13-14-16-23-19-20(18-21(23)24)22(25)26-17-15-6-4-2;1-2/h20H,3-19H2,1-2H3;1-2H3. The molecule has 1 atom stereocenters. The van der Waals surface area contributed by atoms with Crippen molar-refractivity contribution in [1.82, 2.24) is 4.90 Å². The molecule has 1 unspecified atom stereocenters. The van der Waals surface area contributed by atoms with E-state index in [9.17, 15) is 9.59 Å². The van der Waals surface area contributed by atoms with Crippen molar-refractivity contribution in [2.75, 3.05) is 19.7 Å². The molecule has 0 aromatic carbocycles. The van der Waals surface area contributed by atoms with E-state index in [0.29, 0.717) is 19.6 Å². The van der Waals surface area contributed by atoms with Crippen molar-refractivity contribution in [3.63, 3.8) is 0 Å². The van der Waals surface area contributed by atoms with Crippen molar-refractivity contribution in [2.24, 2.45) is 5.92 Å². The van der Waals surface area contributed by atoms with E-state index in [1.54, 1.807) is 0 Å². The minimum atomic E-state index is -0.243. The van der Waals surface area contributed by atoms with Gasteiger partial charge in [-0.1, -0.05) is 98.3 Å². The average Bonchev–Trinajstić information content (AvgIpc) is 3.09. The normalized spacial score (nSPS) is 16.1. The second-order valence-electron chi connectivity index (χ2n) is 7.80. The molecule has 1 aliphatic heterocycles. The van der Waals surface area contributed by atoms with Gasteiger partial charge in [-0.15, -0.1) is 0 Å². The van der Waals surface area contributed by atoms with Crippen molar-refractivity contribution < 1.29 is 14.3 Å². The van der Waals surface area contributed by atoms with E-state index in [2.05, 4.69) is 13.8 Å². The first kappa shape index (κ1) is 26.9. The Kier molecular flexibility index (Phi) is 18.5. The molecule has 0 aromatic heterocycles. The summed E-state index contributed by atoms with van der Waals surface area (Å²) in [7, 11) is 0. The van der Waals surface area contributed by atoms with E-state index < -0.39 is 0 Å². The van der Waals surface area contributed by atoms with Crippen molar-refractivity contribution in [3.05, 3.63) is 0 Å². The lowest BCUT2D eigenvalue weighted by Crippen LogP contribution is -2.27. The Labute approximate surface area is 174 Å². The van der Waals surface area contributed by atoms with Crippen LogP contribution in [0.5, 0.6) is 0 Å². The molecule has 4 heteroatoms. The SMILES string of the molecule is CC.CCCCCCCCCCCCN1CC(C(=O)OCCCCC)CC1=O. The predicted molar refractivity (Wildman–Crippen MR) is 118 cm³/mol. The molecule has 0 N–H and O–H groups in total. The molecular weight excluding hydrogens is 350 g/mol. The lowest BCUT2D eigenvalue weighted by atomic mass is 10.1. The van der Waals surface area contributed by atoms with Gasteiger partial charge in [-0.3, -0.25) is 9.59 Å². The minimum absolute atomic E-state index is 0.122. The van der Waals surface area contributed by atoms with Gasteiger partial charge in [0.2, 0.25) is 5.91 Å². The number of likely N-dealkylation sites (tertiary alicyclic amines) is 1. The molecule has 0 aliphatic carbocycles.